The van der Waals surface area contributed by atoms with E-state index in [4.69, 9.17) is 31.5 Å². The van der Waals surface area contributed by atoms with E-state index in [0.29, 0.717) is 36.8 Å². The quantitative estimate of drug-likeness (QED) is 0.168. The zero-order chi connectivity index (χ0) is 27.1. The molecule has 1 saturated heterocycles. The molecule has 204 valence electrons. The molecule has 3 atom stereocenters. The highest BCUT2D eigenvalue weighted by molar-refractivity contribution is 7.88. The third kappa shape index (κ3) is 8.05. The van der Waals surface area contributed by atoms with Crippen molar-refractivity contribution < 1.29 is 27.4 Å². The smallest absolute Gasteiger partial charge is 0.210 e. The predicted octanol–water partition coefficient (Wildman–Crippen LogP) is 3.21. The number of likely N-dealkylation sites (tertiary alicyclic amines) is 1. The number of halogens is 1. The summed E-state index contributed by atoms with van der Waals surface area (Å²) in [6, 6.07) is 12.9. The molecule has 1 aliphatic rings. The number of sulfonamides is 1. The highest BCUT2D eigenvalue weighted by Gasteiger charge is 2.46. The predicted molar refractivity (Wildman–Crippen MR) is 144 cm³/mol. The second-order valence-corrected chi connectivity index (χ2v) is 11.6. The fraction of sp³-hybridized carbons (Fsp3) is 0.500. The van der Waals surface area contributed by atoms with Gasteiger partial charge >= 0.3 is 0 Å². The summed E-state index contributed by atoms with van der Waals surface area (Å²) in [4.78, 5) is 13.0. The largest absolute Gasteiger partial charge is 0.497 e. The lowest BCUT2D eigenvalue weighted by atomic mass is 9.87. The normalized spacial score (nSPS) is 22.4. The molecule has 0 saturated carbocycles. The van der Waals surface area contributed by atoms with Crippen molar-refractivity contribution in [3.05, 3.63) is 53.6 Å². The lowest BCUT2D eigenvalue weighted by Crippen LogP contribution is -2.68. The van der Waals surface area contributed by atoms with Crippen molar-refractivity contribution in [2.45, 2.75) is 49.4 Å². The number of ether oxygens (including phenoxy) is 3. The number of nitrogens with zero attached hydrogens (tertiary/aromatic N) is 1. The molecule has 0 spiro atoms. The van der Waals surface area contributed by atoms with Gasteiger partial charge in [0.05, 0.1) is 31.5 Å². The van der Waals surface area contributed by atoms with Crippen LogP contribution in [0.2, 0.25) is 0 Å². The number of hydrogen-bond donors (Lipinski definition) is 2. The summed E-state index contributed by atoms with van der Waals surface area (Å²) >= 11 is 6.65. The number of aldehydes is 1. The van der Waals surface area contributed by atoms with Crippen LogP contribution in [0.5, 0.6) is 17.2 Å². The van der Waals surface area contributed by atoms with Crippen molar-refractivity contribution in [2.75, 3.05) is 33.6 Å². The third-order valence-corrected chi connectivity index (χ3v) is 7.68. The number of nitrogens with two attached hydrogens (primary N) is 1. The maximum absolute atomic E-state index is 12.1. The number of rotatable bonds is 13. The molecule has 2 aromatic rings. The van der Waals surface area contributed by atoms with Crippen LogP contribution in [0.25, 0.3) is 0 Å². The second kappa shape index (κ2) is 12.9. The fourth-order valence-electron chi connectivity index (χ4n) is 4.62. The van der Waals surface area contributed by atoms with E-state index in [-0.39, 0.29) is 19.1 Å². The van der Waals surface area contributed by atoms with Crippen molar-refractivity contribution in [3.63, 3.8) is 0 Å². The number of piperidine rings is 1. The Morgan fingerprint density at radius 1 is 1.16 bits per heavy atom. The summed E-state index contributed by atoms with van der Waals surface area (Å²) in [7, 11) is -0.419. The summed E-state index contributed by atoms with van der Waals surface area (Å²) in [5.74, 6) is 1.97. The standard InChI is InChI=1S/C26H36ClN3O6S/c1-34-20-13-19(14-21(15-20)35-2)18-36-24-10-6-5-9-22(24)23-16-26(28,29-37(3,32)33)25(27)17-30(23)11-7-4-8-12-31/h5-6,9-10,12-15,23,25,29H,4,7-8,11,16-18,28H2,1-3H3. The Morgan fingerprint density at radius 2 is 1.84 bits per heavy atom. The summed E-state index contributed by atoms with van der Waals surface area (Å²) in [6.07, 6.45) is 4.27. The van der Waals surface area contributed by atoms with Crippen LogP contribution in [0, 0.1) is 0 Å². The molecular formula is C26H36ClN3O6S. The van der Waals surface area contributed by atoms with Crippen molar-refractivity contribution in [2.24, 2.45) is 5.73 Å². The Hall–Kier alpha value is -2.37. The lowest BCUT2D eigenvalue weighted by molar-refractivity contribution is -0.107. The maximum atomic E-state index is 12.1. The number of carbonyl (C=O) groups is 1. The van der Waals surface area contributed by atoms with Gasteiger partial charge in [-0.2, -0.15) is 4.72 Å². The number of para-hydroxylation sites is 1. The molecule has 0 bridgehead atoms. The Morgan fingerprint density at radius 3 is 2.46 bits per heavy atom. The first-order chi connectivity index (χ1) is 17.6. The van der Waals surface area contributed by atoms with Crippen LogP contribution in [-0.4, -0.2) is 64.2 Å². The van der Waals surface area contributed by atoms with Gasteiger partial charge in [0.25, 0.3) is 0 Å². The van der Waals surface area contributed by atoms with Crippen LogP contribution in [0.1, 0.15) is 42.9 Å². The Kier molecular flexibility index (Phi) is 10.2. The molecule has 1 aliphatic heterocycles. The van der Waals surface area contributed by atoms with Crippen LogP contribution in [0.15, 0.2) is 42.5 Å². The van der Waals surface area contributed by atoms with Crippen molar-refractivity contribution >= 4 is 27.9 Å². The van der Waals surface area contributed by atoms with Crippen LogP contribution >= 0.6 is 11.6 Å². The molecule has 1 heterocycles. The average Bonchev–Trinajstić information content (AvgIpc) is 2.86. The zero-order valence-corrected chi connectivity index (χ0v) is 23.1. The second-order valence-electron chi connectivity index (χ2n) is 9.31. The van der Waals surface area contributed by atoms with Crippen molar-refractivity contribution in [1.82, 2.24) is 9.62 Å². The van der Waals surface area contributed by atoms with Gasteiger partial charge in [0.1, 0.15) is 30.1 Å². The van der Waals surface area contributed by atoms with E-state index < -0.39 is 21.1 Å². The van der Waals surface area contributed by atoms with E-state index in [0.717, 1.165) is 36.5 Å². The minimum absolute atomic E-state index is 0.245. The molecule has 0 aliphatic carbocycles. The van der Waals surface area contributed by atoms with E-state index in [2.05, 4.69) is 9.62 Å². The molecule has 3 unspecified atom stereocenters. The minimum Gasteiger partial charge on any atom is -0.497 e. The number of nitrogens with one attached hydrogen (secondary N) is 1. The molecule has 37 heavy (non-hydrogen) atoms. The van der Waals surface area contributed by atoms with Gasteiger partial charge in [0.2, 0.25) is 10.0 Å². The highest BCUT2D eigenvalue weighted by Crippen LogP contribution is 2.40. The number of alkyl halides is 1. The van der Waals surface area contributed by atoms with Gasteiger partial charge in [-0.3, -0.25) is 4.90 Å². The zero-order valence-electron chi connectivity index (χ0n) is 21.5. The molecule has 11 heteroatoms. The van der Waals surface area contributed by atoms with E-state index >= 15 is 0 Å². The average molecular weight is 554 g/mol. The topological polar surface area (TPSA) is 120 Å². The number of hydrogen-bond acceptors (Lipinski definition) is 8. The molecule has 2 aromatic carbocycles. The lowest BCUT2D eigenvalue weighted by Gasteiger charge is -2.48. The van der Waals surface area contributed by atoms with Gasteiger partial charge < -0.3 is 24.7 Å². The summed E-state index contributed by atoms with van der Waals surface area (Å²) < 4.78 is 43.8. The summed E-state index contributed by atoms with van der Waals surface area (Å²) in [6.45, 7) is 1.32. The molecule has 1 fully saturated rings. The molecule has 3 rings (SSSR count). The van der Waals surface area contributed by atoms with E-state index in [1.807, 2.05) is 36.4 Å². The van der Waals surface area contributed by atoms with E-state index in [1.165, 1.54) is 0 Å². The monoisotopic (exact) mass is 553 g/mol. The minimum atomic E-state index is -3.60. The SMILES string of the molecule is COc1cc(COc2ccccc2C2CC(N)(NS(C)(=O)=O)C(Cl)CN2CCCCC=O)cc(OC)c1. The third-order valence-electron chi connectivity index (χ3n) is 6.40. The summed E-state index contributed by atoms with van der Waals surface area (Å²) in [5.41, 5.74) is 6.97. The van der Waals surface area contributed by atoms with Gasteiger partial charge in [-0.1, -0.05) is 18.2 Å². The molecule has 0 radical (unpaired) electrons. The summed E-state index contributed by atoms with van der Waals surface area (Å²) in [5, 5.41) is -0.651. The number of benzene rings is 2. The first-order valence-corrected chi connectivity index (χ1v) is 14.4. The number of unbranched alkanes of at least 4 members (excludes halogenated alkanes) is 2. The van der Waals surface area contributed by atoms with Gasteiger partial charge in [-0.05, 0) is 43.1 Å². The fourth-order valence-corrected chi connectivity index (χ4v) is 5.92. The first kappa shape index (κ1) is 29.2. The van der Waals surface area contributed by atoms with Gasteiger partial charge in [-0.15, -0.1) is 11.6 Å². The molecule has 0 aromatic heterocycles. The van der Waals surface area contributed by atoms with Gasteiger partial charge in [-0.25, -0.2) is 8.42 Å². The van der Waals surface area contributed by atoms with Crippen LogP contribution < -0.4 is 24.7 Å². The first-order valence-electron chi connectivity index (χ1n) is 12.1. The van der Waals surface area contributed by atoms with Crippen LogP contribution in [-0.2, 0) is 21.4 Å². The van der Waals surface area contributed by atoms with Crippen LogP contribution in [0.4, 0.5) is 0 Å². The van der Waals surface area contributed by atoms with E-state index in [9.17, 15) is 13.2 Å². The molecule has 0 amide bonds. The van der Waals surface area contributed by atoms with Crippen molar-refractivity contribution in [1.29, 1.82) is 0 Å². The Bertz CT molecular complexity index is 1140. The van der Waals surface area contributed by atoms with E-state index in [1.54, 1.807) is 20.3 Å². The number of carbonyl (C=O) groups excluding carboxylic acids is 1. The Labute approximate surface area is 224 Å². The van der Waals surface area contributed by atoms with Gasteiger partial charge in [0, 0.05) is 37.1 Å². The molecule has 3 N–H and O–H groups in total. The Balaban J connectivity index is 1.90. The number of methoxy groups -OCH3 is 2. The molecular weight excluding hydrogens is 518 g/mol. The maximum Gasteiger partial charge on any atom is 0.210 e. The molecule has 9 nitrogen and oxygen atoms in total. The van der Waals surface area contributed by atoms with Crippen molar-refractivity contribution in [3.8, 4) is 17.2 Å². The van der Waals surface area contributed by atoms with Gasteiger partial charge in [0.15, 0.2) is 0 Å². The van der Waals surface area contributed by atoms with Crippen LogP contribution in [0.3, 0.4) is 0 Å². The highest BCUT2D eigenvalue weighted by atomic mass is 35.5.